The number of amides is 1. The van der Waals surface area contributed by atoms with Crippen LogP contribution in [0.25, 0.3) is 43.6 Å². The van der Waals surface area contributed by atoms with E-state index in [9.17, 15) is 14.7 Å². The lowest BCUT2D eigenvalue weighted by molar-refractivity contribution is 0.102. The van der Waals surface area contributed by atoms with Gasteiger partial charge in [0.15, 0.2) is 5.78 Å². The van der Waals surface area contributed by atoms with Crippen LogP contribution in [0.5, 0.6) is 5.88 Å². The normalized spacial score (nSPS) is 11.1. The predicted molar refractivity (Wildman–Crippen MR) is 168 cm³/mol. The number of hydrogen-bond donors (Lipinski definition) is 2. The number of nitrogens with one attached hydrogen (secondary N) is 1. The first kappa shape index (κ1) is 25.2. The minimum atomic E-state index is -0.564. The number of pyridine rings is 1. The Morgan fingerprint density at radius 1 is 0.595 bits per heavy atom. The van der Waals surface area contributed by atoms with Gasteiger partial charge in [0.1, 0.15) is 5.56 Å². The molecule has 7 rings (SSSR count). The molecule has 0 aliphatic carbocycles. The maximum atomic E-state index is 14.2. The lowest BCUT2D eigenvalue weighted by Crippen LogP contribution is -2.17. The summed E-state index contributed by atoms with van der Waals surface area (Å²) in [5.74, 6) is -1.16. The molecule has 42 heavy (non-hydrogen) atoms. The zero-order valence-corrected chi connectivity index (χ0v) is 22.4. The average molecular weight is 545 g/mol. The van der Waals surface area contributed by atoms with E-state index in [1.165, 1.54) is 0 Å². The van der Waals surface area contributed by atoms with Crippen LogP contribution < -0.4 is 5.32 Å². The molecule has 2 N–H and O–H groups in total. The zero-order valence-electron chi connectivity index (χ0n) is 22.4. The summed E-state index contributed by atoms with van der Waals surface area (Å²) in [6.45, 7) is 0. The maximum Gasteiger partial charge on any atom is 0.261 e. The standard InChI is InChI=1S/C37H24N2O3/c40-35(26-15-5-2-6-16-26)33-28-18-10-8-12-24(28)20-22-30(33)39-37(42)34-31(25-13-3-1-4-14-25)32-27-17-9-7-11-23(27)19-21-29(32)38-36(34)41/h1-22H,(H,38,41)(H,39,42). The highest BCUT2D eigenvalue weighted by Gasteiger charge is 2.26. The number of benzene rings is 6. The van der Waals surface area contributed by atoms with Gasteiger partial charge in [-0.3, -0.25) is 9.59 Å². The Bertz CT molecular complexity index is 2160. The molecule has 5 heteroatoms. The molecule has 1 heterocycles. The highest BCUT2D eigenvalue weighted by molar-refractivity contribution is 6.24. The van der Waals surface area contributed by atoms with Crippen LogP contribution in [0.15, 0.2) is 133 Å². The fourth-order valence-corrected chi connectivity index (χ4v) is 5.67. The van der Waals surface area contributed by atoms with E-state index in [1.807, 2.05) is 115 Å². The molecule has 0 saturated carbocycles. The second-order valence-electron chi connectivity index (χ2n) is 10.1. The van der Waals surface area contributed by atoms with Gasteiger partial charge < -0.3 is 10.4 Å². The highest BCUT2D eigenvalue weighted by atomic mass is 16.3. The molecule has 0 radical (unpaired) electrons. The molecule has 0 saturated heterocycles. The number of carbonyl (C=O) groups excluding carboxylic acids is 2. The number of aromatic nitrogens is 1. The van der Waals surface area contributed by atoms with Crippen LogP contribution in [0.3, 0.4) is 0 Å². The lowest BCUT2D eigenvalue weighted by Gasteiger charge is -2.18. The average Bonchev–Trinajstić information content (AvgIpc) is 3.04. The van der Waals surface area contributed by atoms with E-state index in [4.69, 9.17) is 0 Å². The van der Waals surface area contributed by atoms with Crippen molar-refractivity contribution in [1.82, 2.24) is 4.98 Å². The summed E-state index contributed by atoms with van der Waals surface area (Å²) < 4.78 is 0. The fraction of sp³-hybridized carbons (Fsp3) is 0. The van der Waals surface area contributed by atoms with Gasteiger partial charge in [-0.05, 0) is 39.2 Å². The zero-order chi connectivity index (χ0) is 28.6. The largest absolute Gasteiger partial charge is 0.493 e. The quantitative estimate of drug-likeness (QED) is 0.168. The molecule has 0 unspecified atom stereocenters. The maximum absolute atomic E-state index is 14.2. The number of carbonyl (C=O) groups is 2. The molecule has 1 amide bonds. The first-order valence-corrected chi connectivity index (χ1v) is 13.6. The van der Waals surface area contributed by atoms with Gasteiger partial charge in [0.2, 0.25) is 5.88 Å². The Hall–Kier alpha value is -5.81. The summed E-state index contributed by atoms with van der Waals surface area (Å²) >= 11 is 0. The first-order valence-electron chi connectivity index (χ1n) is 13.6. The number of nitrogens with zero attached hydrogens (tertiary/aromatic N) is 1. The highest BCUT2D eigenvalue weighted by Crippen LogP contribution is 2.40. The molecule has 0 atom stereocenters. The van der Waals surface area contributed by atoms with Gasteiger partial charge in [-0.15, -0.1) is 0 Å². The van der Waals surface area contributed by atoms with E-state index in [0.717, 1.165) is 32.5 Å². The summed E-state index contributed by atoms with van der Waals surface area (Å²) in [7, 11) is 0. The summed E-state index contributed by atoms with van der Waals surface area (Å²) in [5.41, 5.74) is 3.20. The van der Waals surface area contributed by atoms with Gasteiger partial charge in [-0.2, -0.15) is 0 Å². The van der Waals surface area contributed by atoms with E-state index < -0.39 is 5.91 Å². The van der Waals surface area contributed by atoms with Crippen molar-refractivity contribution in [2.45, 2.75) is 0 Å². The van der Waals surface area contributed by atoms with Gasteiger partial charge >= 0.3 is 0 Å². The first-order chi connectivity index (χ1) is 20.6. The molecule has 7 aromatic rings. The van der Waals surface area contributed by atoms with Crippen molar-refractivity contribution in [3.63, 3.8) is 0 Å². The lowest BCUT2D eigenvalue weighted by atomic mass is 9.92. The van der Waals surface area contributed by atoms with Gasteiger partial charge in [-0.1, -0.05) is 121 Å². The number of fused-ring (bicyclic) bond motifs is 4. The molecule has 200 valence electrons. The summed E-state index contributed by atoms with van der Waals surface area (Å²) in [6, 6.07) is 41.4. The van der Waals surface area contributed by atoms with Crippen molar-refractivity contribution >= 4 is 49.8 Å². The summed E-state index contributed by atoms with van der Waals surface area (Å²) in [4.78, 5) is 32.6. The molecule has 0 spiro atoms. The van der Waals surface area contributed by atoms with Crippen LogP contribution in [-0.4, -0.2) is 21.8 Å². The smallest absolute Gasteiger partial charge is 0.261 e. The van der Waals surface area contributed by atoms with Gasteiger partial charge in [0.25, 0.3) is 5.91 Å². The molecule has 0 aliphatic heterocycles. The molecular formula is C37H24N2O3. The van der Waals surface area contributed by atoms with E-state index >= 15 is 0 Å². The molecule has 0 bridgehead atoms. The second-order valence-corrected chi connectivity index (χ2v) is 10.1. The van der Waals surface area contributed by atoms with E-state index in [2.05, 4.69) is 10.3 Å². The molecule has 1 aromatic heterocycles. The van der Waals surface area contributed by atoms with Crippen LogP contribution in [0, 0.1) is 0 Å². The van der Waals surface area contributed by atoms with E-state index in [1.54, 1.807) is 18.2 Å². The van der Waals surface area contributed by atoms with Crippen molar-refractivity contribution in [1.29, 1.82) is 0 Å². The molecule has 5 nitrogen and oxygen atoms in total. The van der Waals surface area contributed by atoms with Crippen LogP contribution in [0.4, 0.5) is 5.69 Å². The van der Waals surface area contributed by atoms with E-state index in [0.29, 0.717) is 27.9 Å². The number of rotatable bonds is 5. The Morgan fingerprint density at radius 2 is 1.19 bits per heavy atom. The summed E-state index contributed by atoms with van der Waals surface area (Å²) in [5, 5.41) is 18.5. The van der Waals surface area contributed by atoms with Crippen molar-refractivity contribution < 1.29 is 14.7 Å². The number of hydrogen-bond acceptors (Lipinski definition) is 4. The SMILES string of the molecule is O=C(Nc1ccc2ccccc2c1C(=O)c1ccccc1)c1c(O)nc2ccc3ccccc3c2c1-c1ccccc1. The van der Waals surface area contributed by atoms with E-state index in [-0.39, 0.29) is 17.2 Å². The van der Waals surface area contributed by atoms with Gasteiger partial charge in [0, 0.05) is 16.5 Å². The third-order valence-electron chi connectivity index (χ3n) is 7.59. The van der Waals surface area contributed by atoms with Crippen molar-refractivity contribution in [3.05, 3.63) is 150 Å². The fourth-order valence-electron chi connectivity index (χ4n) is 5.67. The second kappa shape index (κ2) is 10.3. The number of aromatic hydroxyl groups is 1. The third kappa shape index (κ3) is 4.25. The number of anilines is 1. The van der Waals surface area contributed by atoms with Crippen molar-refractivity contribution in [3.8, 4) is 17.0 Å². The van der Waals surface area contributed by atoms with Crippen molar-refractivity contribution in [2.24, 2.45) is 0 Å². The number of ketones is 1. The molecule has 0 fully saturated rings. The topological polar surface area (TPSA) is 79.3 Å². The Labute approximate surface area is 241 Å². The minimum Gasteiger partial charge on any atom is -0.493 e. The Morgan fingerprint density at radius 3 is 1.93 bits per heavy atom. The minimum absolute atomic E-state index is 0.0383. The molecule has 6 aromatic carbocycles. The Balaban J connectivity index is 1.45. The van der Waals surface area contributed by atoms with Crippen LogP contribution in [0.2, 0.25) is 0 Å². The van der Waals surface area contributed by atoms with Gasteiger partial charge in [-0.25, -0.2) is 4.98 Å². The molecule has 0 aliphatic rings. The van der Waals surface area contributed by atoms with Crippen molar-refractivity contribution in [2.75, 3.05) is 5.32 Å². The monoisotopic (exact) mass is 544 g/mol. The summed E-state index contributed by atoms with van der Waals surface area (Å²) in [6.07, 6.45) is 0. The van der Waals surface area contributed by atoms with Crippen LogP contribution >= 0.6 is 0 Å². The predicted octanol–water partition coefficient (Wildman–Crippen LogP) is 8.40. The third-order valence-corrected chi connectivity index (χ3v) is 7.59. The van der Waals surface area contributed by atoms with Crippen LogP contribution in [-0.2, 0) is 0 Å². The van der Waals surface area contributed by atoms with Crippen LogP contribution in [0.1, 0.15) is 26.3 Å². The van der Waals surface area contributed by atoms with Gasteiger partial charge in [0.05, 0.1) is 16.8 Å². The molecular weight excluding hydrogens is 520 g/mol. The Kier molecular flexibility index (Phi) is 6.18.